The minimum absolute atomic E-state index is 0.152. The topological polar surface area (TPSA) is 82.1 Å². The summed E-state index contributed by atoms with van der Waals surface area (Å²) in [5.74, 6) is -0.482. The second kappa shape index (κ2) is 7.03. The van der Waals surface area contributed by atoms with E-state index in [0.717, 1.165) is 11.1 Å². The minimum Gasteiger partial charge on any atom is -0.496 e. The van der Waals surface area contributed by atoms with Crippen LogP contribution in [0.4, 0.5) is 0 Å². The maximum absolute atomic E-state index is 12.0. The van der Waals surface area contributed by atoms with Crippen LogP contribution >= 0.6 is 11.6 Å². The van der Waals surface area contributed by atoms with Crippen molar-refractivity contribution in [3.8, 4) is 17.2 Å². The lowest BCUT2D eigenvalue weighted by Crippen LogP contribution is -2.21. The number of aliphatic carboxylic acids is 1. The summed E-state index contributed by atoms with van der Waals surface area (Å²) in [6, 6.07) is 10.1. The third-order valence-electron chi connectivity index (χ3n) is 3.88. The number of carbonyl (C=O) groups excluding carboxylic acids is 1. The zero-order valence-electron chi connectivity index (χ0n) is 13.3. The van der Waals surface area contributed by atoms with Gasteiger partial charge in [-0.25, -0.2) is 4.79 Å². The summed E-state index contributed by atoms with van der Waals surface area (Å²) < 4.78 is 15.8. The fourth-order valence-corrected chi connectivity index (χ4v) is 3.00. The van der Waals surface area contributed by atoms with E-state index in [2.05, 4.69) is 0 Å². The lowest BCUT2D eigenvalue weighted by molar-refractivity contribution is -0.139. The van der Waals surface area contributed by atoms with Gasteiger partial charge < -0.3 is 19.3 Å². The molecule has 2 aromatic rings. The molecule has 2 aromatic carbocycles. The lowest BCUT2D eigenvalue weighted by atomic mass is 9.86. The number of carboxylic acids is 1. The van der Waals surface area contributed by atoms with Gasteiger partial charge in [-0.2, -0.15) is 0 Å². The largest absolute Gasteiger partial charge is 0.496 e. The van der Waals surface area contributed by atoms with E-state index >= 15 is 0 Å². The van der Waals surface area contributed by atoms with Gasteiger partial charge in [-0.05, 0) is 24.3 Å². The van der Waals surface area contributed by atoms with Gasteiger partial charge in [0, 0.05) is 28.1 Å². The van der Waals surface area contributed by atoms with Crippen LogP contribution in [0, 0.1) is 0 Å². The van der Waals surface area contributed by atoms with Crippen molar-refractivity contribution < 1.29 is 28.9 Å². The summed E-state index contributed by atoms with van der Waals surface area (Å²) >= 11 is 6.11. The number of rotatable bonds is 5. The first kappa shape index (κ1) is 17.1. The van der Waals surface area contributed by atoms with Gasteiger partial charge in [0.15, 0.2) is 6.61 Å². The van der Waals surface area contributed by atoms with E-state index in [-0.39, 0.29) is 12.3 Å². The van der Waals surface area contributed by atoms with Crippen LogP contribution in [0.1, 0.15) is 23.5 Å². The number of carboxylic acid groups (broad SMARTS) is 1. The highest BCUT2D eigenvalue weighted by molar-refractivity contribution is 6.30. The van der Waals surface area contributed by atoms with E-state index in [1.807, 2.05) is 0 Å². The summed E-state index contributed by atoms with van der Waals surface area (Å²) in [6.45, 7) is -0.474. The molecule has 1 heterocycles. The molecule has 0 amide bonds. The number of esters is 1. The van der Waals surface area contributed by atoms with Gasteiger partial charge in [0.2, 0.25) is 0 Å². The van der Waals surface area contributed by atoms with Crippen molar-refractivity contribution in [2.75, 3.05) is 13.7 Å². The Balaban J connectivity index is 2.01. The van der Waals surface area contributed by atoms with Crippen molar-refractivity contribution in [1.29, 1.82) is 0 Å². The van der Waals surface area contributed by atoms with Gasteiger partial charge in [-0.15, -0.1) is 0 Å². The normalized spacial score (nSPS) is 15.9. The molecule has 1 unspecified atom stereocenters. The Morgan fingerprint density at radius 2 is 2.08 bits per heavy atom. The third kappa shape index (κ3) is 3.69. The molecule has 0 radical (unpaired) electrons. The number of carbonyl (C=O) groups is 2. The standard InChI is InChI=1S/C18H15ClO6/c1-23-15-5-2-10(19)6-14(15)13-8-18(22)25-16-7-11(3-4-12(13)16)24-9-17(20)21/h2-7,13H,8-9H2,1H3,(H,20,21). The van der Waals surface area contributed by atoms with Gasteiger partial charge in [-0.1, -0.05) is 17.7 Å². The fourth-order valence-electron chi connectivity index (χ4n) is 2.82. The van der Waals surface area contributed by atoms with Crippen molar-refractivity contribution in [2.24, 2.45) is 0 Å². The molecule has 1 N–H and O–H groups in total. The Morgan fingerprint density at radius 1 is 1.28 bits per heavy atom. The molecule has 0 saturated heterocycles. The molecule has 3 rings (SSSR count). The van der Waals surface area contributed by atoms with Crippen LogP contribution in [0.2, 0.25) is 5.02 Å². The Labute approximate surface area is 148 Å². The van der Waals surface area contributed by atoms with Crippen LogP contribution in [0.3, 0.4) is 0 Å². The molecule has 1 aliphatic rings. The number of hydrogen-bond acceptors (Lipinski definition) is 5. The monoisotopic (exact) mass is 362 g/mol. The van der Waals surface area contributed by atoms with Crippen LogP contribution in [-0.4, -0.2) is 30.8 Å². The first-order valence-electron chi connectivity index (χ1n) is 7.50. The molecule has 1 aliphatic heterocycles. The molecular formula is C18H15ClO6. The van der Waals surface area contributed by atoms with Gasteiger partial charge in [0.05, 0.1) is 13.5 Å². The van der Waals surface area contributed by atoms with Gasteiger partial charge >= 0.3 is 11.9 Å². The SMILES string of the molecule is COc1ccc(Cl)cc1C1CC(=O)Oc2cc(OCC(=O)O)ccc21. The van der Waals surface area contributed by atoms with Crippen molar-refractivity contribution in [3.63, 3.8) is 0 Å². The smallest absolute Gasteiger partial charge is 0.341 e. The van der Waals surface area contributed by atoms with E-state index in [1.165, 1.54) is 6.07 Å². The van der Waals surface area contributed by atoms with Crippen molar-refractivity contribution in [1.82, 2.24) is 0 Å². The van der Waals surface area contributed by atoms with E-state index in [4.69, 9.17) is 30.9 Å². The van der Waals surface area contributed by atoms with Crippen LogP contribution in [0.15, 0.2) is 36.4 Å². The Bertz CT molecular complexity index is 832. The van der Waals surface area contributed by atoms with Gasteiger partial charge in [0.1, 0.15) is 17.2 Å². The Morgan fingerprint density at radius 3 is 2.80 bits per heavy atom. The molecule has 130 valence electrons. The molecule has 0 saturated carbocycles. The quantitative estimate of drug-likeness (QED) is 0.649. The predicted molar refractivity (Wildman–Crippen MR) is 89.7 cm³/mol. The molecule has 0 fully saturated rings. The molecule has 0 bridgehead atoms. The van der Waals surface area contributed by atoms with Crippen LogP contribution < -0.4 is 14.2 Å². The second-order valence-corrected chi connectivity index (χ2v) is 5.94. The number of fused-ring (bicyclic) bond motifs is 1. The lowest BCUT2D eigenvalue weighted by Gasteiger charge is -2.26. The first-order chi connectivity index (χ1) is 12.0. The summed E-state index contributed by atoms with van der Waals surface area (Å²) in [4.78, 5) is 22.7. The minimum atomic E-state index is -1.09. The van der Waals surface area contributed by atoms with E-state index in [9.17, 15) is 9.59 Å². The second-order valence-electron chi connectivity index (χ2n) is 5.50. The van der Waals surface area contributed by atoms with Crippen molar-refractivity contribution in [3.05, 3.63) is 52.5 Å². The maximum Gasteiger partial charge on any atom is 0.341 e. The highest BCUT2D eigenvalue weighted by atomic mass is 35.5. The summed E-state index contributed by atoms with van der Waals surface area (Å²) in [6.07, 6.45) is 0.152. The Hall–Kier alpha value is -2.73. The predicted octanol–water partition coefficient (Wildman–Crippen LogP) is 3.25. The number of halogens is 1. The van der Waals surface area contributed by atoms with Gasteiger partial charge in [-0.3, -0.25) is 4.79 Å². The van der Waals surface area contributed by atoms with E-state index in [0.29, 0.717) is 22.3 Å². The van der Waals surface area contributed by atoms with E-state index in [1.54, 1.807) is 37.4 Å². The highest BCUT2D eigenvalue weighted by Gasteiger charge is 2.31. The average molecular weight is 363 g/mol. The molecular weight excluding hydrogens is 348 g/mol. The van der Waals surface area contributed by atoms with Crippen LogP contribution in [0.25, 0.3) is 0 Å². The Kier molecular flexibility index (Phi) is 4.81. The highest BCUT2D eigenvalue weighted by Crippen LogP contribution is 2.43. The summed E-state index contributed by atoms with van der Waals surface area (Å²) in [5.41, 5.74) is 1.56. The van der Waals surface area contributed by atoms with Crippen molar-refractivity contribution >= 4 is 23.5 Å². The van der Waals surface area contributed by atoms with E-state index < -0.39 is 18.5 Å². The molecule has 25 heavy (non-hydrogen) atoms. The first-order valence-corrected chi connectivity index (χ1v) is 7.88. The third-order valence-corrected chi connectivity index (χ3v) is 4.12. The number of ether oxygens (including phenoxy) is 3. The maximum atomic E-state index is 12.0. The van der Waals surface area contributed by atoms with Crippen molar-refractivity contribution in [2.45, 2.75) is 12.3 Å². The number of benzene rings is 2. The van der Waals surface area contributed by atoms with Gasteiger partial charge in [0.25, 0.3) is 0 Å². The fraction of sp³-hybridized carbons (Fsp3) is 0.222. The molecule has 0 aromatic heterocycles. The summed E-state index contributed by atoms with van der Waals surface area (Å²) in [5, 5.41) is 9.23. The number of hydrogen-bond donors (Lipinski definition) is 1. The zero-order chi connectivity index (χ0) is 18.0. The molecule has 0 spiro atoms. The van der Waals surface area contributed by atoms with Crippen LogP contribution in [-0.2, 0) is 9.59 Å². The molecule has 0 aliphatic carbocycles. The summed E-state index contributed by atoms with van der Waals surface area (Å²) in [7, 11) is 1.55. The molecule has 6 nitrogen and oxygen atoms in total. The number of methoxy groups -OCH3 is 1. The molecule has 1 atom stereocenters. The average Bonchev–Trinajstić information content (AvgIpc) is 2.58. The zero-order valence-corrected chi connectivity index (χ0v) is 14.1. The van der Waals surface area contributed by atoms with Crippen LogP contribution in [0.5, 0.6) is 17.2 Å². The molecule has 7 heteroatoms.